The molecule has 0 radical (unpaired) electrons. The number of nitriles is 1. The molecule has 0 saturated heterocycles. The van der Waals surface area contributed by atoms with Crippen LogP contribution in [0.15, 0.2) is 30.3 Å². The lowest BCUT2D eigenvalue weighted by atomic mass is 9.98. The van der Waals surface area contributed by atoms with Crippen molar-refractivity contribution in [2.24, 2.45) is 0 Å². The largest absolute Gasteiger partial charge is 0.387 e. The summed E-state index contributed by atoms with van der Waals surface area (Å²) in [6.07, 6.45) is 1.53. The molecule has 1 atom stereocenters. The summed E-state index contributed by atoms with van der Waals surface area (Å²) in [6.45, 7) is 7.73. The third kappa shape index (κ3) is 5.30. The first-order valence-corrected chi connectivity index (χ1v) is 9.41. The number of benzene rings is 1. The quantitative estimate of drug-likeness (QED) is 0.604. The van der Waals surface area contributed by atoms with E-state index in [9.17, 15) is 5.26 Å². The average molecular weight is 271 g/mol. The lowest BCUT2D eigenvalue weighted by molar-refractivity contribution is 0.133. The molecule has 1 aromatic carbocycles. The molecule has 0 bridgehead atoms. The van der Waals surface area contributed by atoms with Crippen LogP contribution in [0, 0.1) is 22.8 Å². The highest BCUT2D eigenvalue weighted by atomic mass is 28.4. The maximum Gasteiger partial charge on any atom is 0.267 e. The van der Waals surface area contributed by atoms with Gasteiger partial charge in [0.2, 0.25) is 0 Å². The van der Waals surface area contributed by atoms with E-state index in [0.29, 0.717) is 6.42 Å². The molecule has 0 N–H and O–H groups in total. The molecular formula is C16H21NOSi. The first-order chi connectivity index (χ1) is 8.91. The van der Waals surface area contributed by atoms with Crippen molar-refractivity contribution in [1.82, 2.24) is 0 Å². The maximum absolute atomic E-state index is 9.39. The van der Waals surface area contributed by atoms with Gasteiger partial charge < -0.3 is 4.43 Å². The lowest BCUT2D eigenvalue weighted by Crippen LogP contribution is -2.41. The van der Waals surface area contributed by atoms with Gasteiger partial charge in [-0.1, -0.05) is 35.9 Å². The molecule has 0 aromatic heterocycles. The van der Waals surface area contributed by atoms with Gasteiger partial charge in [-0.3, -0.25) is 0 Å². The molecule has 0 spiro atoms. The van der Waals surface area contributed by atoms with Crippen molar-refractivity contribution in [2.45, 2.75) is 45.4 Å². The molecule has 0 fully saturated rings. The fourth-order valence-electron chi connectivity index (χ4n) is 2.05. The Hall–Kier alpha value is -1.55. The summed E-state index contributed by atoms with van der Waals surface area (Å²) in [5, 5.41) is 9.39. The minimum atomic E-state index is -2.08. The Kier molecular flexibility index (Phi) is 5.36. The molecule has 1 aromatic rings. The summed E-state index contributed by atoms with van der Waals surface area (Å²) >= 11 is 0. The van der Waals surface area contributed by atoms with E-state index in [1.165, 1.54) is 5.56 Å². The van der Waals surface area contributed by atoms with Gasteiger partial charge in [0.25, 0.3) is 8.32 Å². The van der Waals surface area contributed by atoms with Crippen molar-refractivity contribution in [3.8, 4) is 17.5 Å². The minimum Gasteiger partial charge on any atom is -0.387 e. The van der Waals surface area contributed by atoms with Crippen molar-refractivity contribution in [3.63, 3.8) is 0 Å². The van der Waals surface area contributed by atoms with Crippen LogP contribution in [0.2, 0.25) is 13.1 Å². The molecule has 19 heavy (non-hydrogen) atoms. The van der Waals surface area contributed by atoms with Gasteiger partial charge in [-0.05, 0) is 45.3 Å². The smallest absolute Gasteiger partial charge is 0.267 e. The highest BCUT2D eigenvalue weighted by Crippen LogP contribution is 2.22. The molecule has 0 aliphatic rings. The second-order valence-corrected chi connectivity index (χ2v) is 8.79. The molecule has 2 nitrogen and oxygen atoms in total. The van der Waals surface area contributed by atoms with E-state index >= 15 is 0 Å². The van der Waals surface area contributed by atoms with E-state index in [0.717, 1.165) is 6.42 Å². The van der Waals surface area contributed by atoms with Gasteiger partial charge >= 0.3 is 0 Å². The Balaban J connectivity index is 2.70. The Morgan fingerprint density at radius 2 is 1.89 bits per heavy atom. The van der Waals surface area contributed by atoms with Crippen LogP contribution in [0.5, 0.6) is 0 Å². The van der Waals surface area contributed by atoms with Crippen LogP contribution in [-0.2, 0) is 10.8 Å². The van der Waals surface area contributed by atoms with Gasteiger partial charge in [0.1, 0.15) is 5.60 Å². The van der Waals surface area contributed by atoms with Crippen molar-refractivity contribution in [2.75, 3.05) is 0 Å². The number of hydrogen-bond donors (Lipinski definition) is 0. The van der Waals surface area contributed by atoms with E-state index in [2.05, 4.69) is 29.7 Å². The molecule has 100 valence electrons. The third-order valence-corrected chi connectivity index (χ3v) is 4.69. The van der Waals surface area contributed by atoms with Crippen LogP contribution in [0.3, 0.4) is 0 Å². The standard InChI is InChI=1S/C16H21NOSi/c1-5-13-19(3,4)18-16(2,14-17)12-11-15-9-7-6-8-10-15/h6-10H,11-12H2,1-4H3. The maximum atomic E-state index is 9.39. The first kappa shape index (κ1) is 15.5. The minimum absolute atomic E-state index is 0.690. The molecule has 1 unspecified atom stereocenters. The molecular weight excluding hydrogens is 250 g/mol. The normalized spacial score (nSPS) is 13.8. The van der Waals surface area contributed by atoms with Crippen molar-refractivity contribution in [3.05, 3.63) is 35.9 Å². The molecule has 3 heteroatoms. The van der Waals surface area contributed by atoms with Gasteiger partial charge in [-0.15, -0.1) is 5.92 Å². The van der Waals surface area contributed by atoms with Gasteiger partial charge in [0.05, 0.1) is 6.07 Å². The Morgan fingerprint density at radius 1 is 1.26 bits per heavy atom. The van der Waals surface area contributed by atoms with Gasteiger partial charge in [0.15, 0.2) is 0 Å². The Morgan fingerprint density at radius 3 is 2.42 bits per heavy atom. The summed E-state index contributed by atoms with van der Waals surface area (Å²) in [6, 6.07) is 12.5. The predicted octanol–water partition coefficient (Wildman–Crippen LogP) is 3.69. The third-order valence-electron chi connectivity index (χ3n) is 2.88. The van der Waals surface area contributed by atoms with Crippen molar-refractivity contribution >= 4 is 8.32 Å². The zero-order valence-electron chi connectivity index (χ0n) is 12.2. The number of nitrogens with zero attached hydrogens (tertiary/aromatic N) is 1. The van der Waals surface area contributed by atoms with Crippen molar-refractivity contribution < 1.29 is 4.43 Å². The van der Waals surface area contributed by atoms with E-state index in [-0.39, 0.29) is 0 Å². The van der Waals surface area contributed by atoms with Crippen molar-refractivity contribution in [1.29, 1.82) is 5.26 Å². The second-order valence-electron chi connectivity index (χ2n) is 5.32. The summed E-state index contributed by atoms with van der Waals surface area (Å²) in [7, 11) is -2.08. The zero-order valence-corrected chi connectivity index (χ0v) is 13.2. The molecule has 0 saturated carbocycles. The van der Waals surface area contributed by atoms with Crippen LogP contribution in [0.4, 0.5) is 0 Å². The van der Waals surface area contributed by atoms with Crippen LogP contribution in [-0.4, -0.2) is 13.9 Å². The van der Waals surface area contributed by atoms with Crippen LogP contribution in [0.1, 0.15) is 25.8 Å². The van der Waals surface area contributed by atoms with Crippen LogP contribution >= 0.6 is 0 Å². The summed E-state index contributed by atoms with van der Waals surface area (Å²) in [5.41, 5.74) is 3.60. The molecule has 0 aliphatic heterocycles. The van der Waals surface area contributed by atoms with Gasteiger partial charge in [0, 0.05) is 0 Å². The molecule has 1 rings (SSSR count). The fourth-order valence-corrected chi connectivity index (χ4v) is 3.97. The molecule has 0 amide bonds. The number of aryl methyl sites for hydroxylation is 1. The van der Waals surface area contributed by atoms with Crippen LogP contribution in [0.25, 0.3) is 0 Å². The summed E-state index contributed by atoms with van der Waals surface area (Å²) in [5.74, 6) is 2.91. The van der Waals surface area contributed by atoms with Gasteiger partial charge in [-0.25, -0.2) is 0 Å². The lowest BCUT2D eigenvalue weighted by Gasteiger charge is -2.29. The van der Waals surface area contributed by atoms with E-state index in [4.69, 9.17) is 4.43 Å². The highest BCUT2D eigenvalue weighted by molar-refractivity contribution is 6.79. The number of rotatable bonds is 5. The zero-order chi connectivity index (χ0) is 14.4. The highest BCUT2D eigenvalue weighted by Gasteiger charge is 2.33. The average Bonchev–Trinajstić information content (AvgIpc) is 2.37. The fraction of sp³-hybridized carbons (Fsp3) is 0.438. The van der Waals surface area contributed by atoms with Gasteiger partial charge in [-0.2, -0.15) is 5.26 Å². The van der Waals surface area contributed by atoms with E-state index in [1.54, 1.807) is 0 Å². The number of hydrogen-bond acceptors (Lipinski definition) is 2. The predicted molar refractivity (Wildman–Crippen MR) is 80.8 cm³/mol. The molecule has 0 heterocycles. The van der Waals surface area contributed by atoms with E-state index in [1.807, 2.05) is 45.1 Å². The first-order valence-electron chi connectivity index (χ1n) is 6.50. The van der Waals surface area contributed by atoms with Crippen LogP contribution < -0.4 is 0 Å². The Bertz CT molecular complexity index is 507. The topological polar surface area (TPSA) is 33.0 Å². The SMILES string of the molecule is CC#C[Si](C)(C)OC(C)(C#N)CCc1ccccc1. The molecule has 0 aliphatic carbocycles. The Labute approximate surface area is 117 Å². The van der Waals surface area contributed by atoms with E-state index < -0.39 is 13.9 Å². The summed E-state index contributed by atoms with van der Waals surface area (Å²) in [4.78, 5) is 0. The monoisotopic (exact) mass is 271 g/mol. The second kappa shape index (κ2) is 6.57. The summed E-state index contributed by atoms with van der Waals surface area (Å²) < 4.78 is 6.04.